The van der Waals surface area contributed by atoms with Crippen molar-refractivity contribution < 1.29 is 2.85 Å². The summed E-state index contributed by atoms with van der Waals surface area (Å²) in [4.78, 5) is 0. The molecule has 0 aromatic carbocycles. The summed E-state index contributed by atoms with van der Waals surface area (Å²) in [5.74, 6) is 0. The van der Waals surface area contributed by atoms with Crippen molar-refractivity contribution >= 4 is 12.4 Å². The average Bonchev–Trinajstić information content (AvgIpc) is 1.37. The van der Waals surface area contributed by atoms with Crippen molar-refractivity contribution in [2.24, 2.45) is 11.5 Å². The molecule has 0 spiro atoms. The minimum Gasteiger partial charge on any atom is -0.329 e. The average molecular weight is 98.6 g/mol. The van der Waals surface area contributed by atoms with Crippen molar-refractivity contribution in [2.45, 2.75) is 0 Å². The molecule has 2 nitrogen and oxygen atoms in total. The van der Waals surface area contributed by atoms with Gasteiger partial charge < -0.3 is 11.5 Å². The Morgan fingerprint density at radius 1 is 1.20 bits per heavy atom. The number of rotatable bonds is 1. The maximum absolute atomic E-state index is 4.90. The monoisotopic (exact) mass is 98.1 g/mol. The number of hydrogen-bond acceptors (Lipinski definition) is 2. The molecule has 0 atom stereocenters. The fourth-order valence-electron chi connectivity index (χ4n) is 0. The molecule has 0 unspecified atom stereocenters. The van der Waals surface area contributed by atoms with Crippen LogP contribution in [0.15, 0.2) is 0 Å². The highest BCUT2D eigenvalue weighted by atomic mass is 35.5. The van der Waals surface area contributed by atoms with E-state index in [1.54, 1.807) is 0 Å². The van der Waals surface area contributed by atoms with Gasteiger partial charge in [-0.3, -0.25) is 0 Å². The lowest BCUT2D eigenvalue weighted by molar-refractivity contribution is 0.976. The Bertz CT molecular complexity index is 15.7. The molecule has 0 saturated heterocycles. The summed E-state index contributed by atoms with van der Waals surface area (Å²) in [5.41, 5.74) is 9.81. The quantitative estimate of drug-likeness (QED) is 0.467. The highest BCUT2D eigenvalue weighted by molar-refractivity contribution is 5.85. The highest BCUT2D eigenvalue weighted by Crippen LogP contribution is 1.24. The maximum Gasteiger partial charge on any atom is 1.00 e. The van der Waals surface area contributed by atoms with Crippen molar-refractivity contribution in [2.75, 3.05) is 13.1 Å². The fourth-order valence-corrected chi connectivity index (χ4v) is 0. The van der Waals surface area contributed by atoms with Crippen LogP contribution >= 0.6 is 12.4 Å². The van der Waals surface area contributed by atoms with Gasteiger partial charge in [-0.25, -0.2) is 0 Å². The Morgan fingerprint density at radius 3 is 1.40 bits per heavy atom. The third-order valence-electron chi connectivity index (χ3n) is 0.167. The first-order valence-electron chi connectivity index (χ1n) is 1.32. The summed E-state index contributed by atoms with van der Waals surface area (Å²) in [7, 11) is 0. The van der Waals surface area contributed by atoms with Crippen LogP contribution in [0.25, 0.3) is 0 Å². The van der Waals surface area contributed by atoms with E-state index in [9.17, 15) is 0 Å². The third-order valence-corrected chi connectivity index (χ3v) is 0.167. The predicted molar refractivity (Wildman–Crippen MR) is 27.6 cm³/mol. The standard InChI is InChI=1S/C2H8N2.ClH/c3-1-2-4;/h1-4H2;1H/p+2. The summed E-state index contributed by atoms with van der Waals surface area (Å²) < 4.78 is 0. The number of halogens is 1. The van der Waals surface area contributed by atoms with Crippen molar-refractivity contribution in [1.29, 1.82) is 0 Å². The van der Waals surface area contributed by atoms with Crippen LogP contribution < -0.4 is 11.5 Å². The summed E-state index contributed by atoms with van der Waals surface area (Å²) in [6.07, 6.45) is 0. The molecule has 0 heterocycles. The van der Waals surface area contributed by atoms with Crippen molar-refractivity contribution in [1.82, 2.24) is 0 Å². The lowest BCUT2D eigenvalue weighted by Crippen LogP contribution is -2.11. The normalized spacial score (nSPS) is 6.00. The molecule has 0 bridgehead atoms. The molecule has 0 radical (unpaired) electrons. The van der Waals surface area contributed by atoms with Gasteiger partial charge >= 0.3 is 2.85 Å². The molecule has 4 N–H and O–H groups in total. The van der Waals surface area contributed by atoms with Gasteiger partial charge in [0.1, 0.15) is 0 Å². The lowest BCUT2D eigenvalue weighted by Gasteiger charge is -1.72. The Balaban J connectivity index is -0.0000000150. The molecule has 5 heavy (non-hydrogen) atoms. The van der Waals surface area contributed by atoms with Crippen LogP contribution in [-0.2, 0) is 0 Å². The molecule has 0 aliphatic carbocycles. The van der Waals surface area contributed by atoms with E-state index in [0.29, 0.717) is 13.1 Å². The minimum absolute atomic E-state index is 0. The fraction of sp³-hybridized carbons (Fsp3) is 1.00. The summed E-state index contributed by atoms with van der Waals surface area (Å²) in [6, 6.07) is 0. The molecular weight excluding hydrogens is 87.5 g/mol. The number of nitrogens with two attached hydrogens (primary N) is 2. The van der Waals surface area contributed by atoms with Gasteiger partial charge in [-0.15, -0.1) is 12.4 Å². The van der Waals surface area contributed by atoms with Crippen LogP contribution in [0.5, 0.6) is 0 Å². The van der Waals surface area contributed by atoms with E-state index in [2.05, 4.69) is 0 Å². The van der Waals surface area contributed by atoms with Gasteiger partial charge in [-0.1, -0.05) is 0 Å². The van der Waals surface area contributed by atoms with Crippen LogP contribution in [0.4, 0.5) is 0 Å². The Labute approximate surface area is 40.9 Å². The second-order valence-corrected chi connectivity index (χ2v) is 0.577. The topological polar surface area (TPSA) is 52.0 Å². The smallest absolute Gasteiger partial charge is 0.329 e. The molecule has 0 aliphatic rings. The van der Waals surface area contributed by atoms with E-state index in [-0.39, 0.29) is 15.3 Å². The molecule has 3 heteroatoms. The van der Waals surface area contributed by atoms with Gasteiger partial charge in [-0.05, 0) is 0 Å². The van der Waals surface area contributed by atoms with Gasteiger partial charge in [0.2, 0.25) is 0 Å². The summed E-state index contributed by atoms with van der Waals surface area (Å²) in [6.45, 7) is 1.19. The second kappa shape index (κ2) is 8.88. The van der Waals surface area contributed by atoms with E-state index >= 15 is 0 Å². The van der Waals surface area contributed by atoms with Crippen molar-refractivity contribution in [3.05, 3.63) is 0 Å². The molecule has 0 amide bonds. The first-order valence-corrected chi connectivity index (χ1v) is 1.32. The molecule has 0 aliphatic heterocycles. The van der Waals surface area contributed by atoms with Crippen LogP contribution in [0, 0.1) is 0 Å². The predicted octanol–water partition coefficient (Wildman–Crippen LogP) is -0.449. The van der Waals surface area contributed by atoms with Crippen LogP contribution in [0.3, 0.4) is 0 Å². The Morgan fingerprint density at radius 2 is 1.40 bits per heavy atom. The molecule has 0 rings (SSSR count). The first kappa shape index (κ1) is 8.96. The largest absolute Gasteiger partial charge is 1.00 e. The van der Waals surface area contributed by atoms with Gasteiger partial charge in [0.05, 0.1) is 0 Å². The van der Waals surface area contributed by atoms with Gasteiger partial charge in [-0.2, -0.15) is 0 Å². The SMILES string of the molecule is Cl.NCCN.[H+].[H+]. The molecule has 34 valence electrons. The van der Waals surface area contributed by atoms with Crippen molar-refractivity contribution in [3.63, 3.8) is 0 Å². The summed E-state index contributed by atoms with van der Waals surface area (Å²) in [5, 5.41) is 0. The maximum atomic E-state index is 4.90. The molecule has 0 aromatic heterocycles. The third kappa shape index (κ3) is 14.0. The zero-order chi connectivity index (χ0) is 3.41. The molecule has 0 aromatic rings. The van der Waals surface area contributed by atoms with Crippen LogP contribution in [-0.4, -0.2) is 13.1 Å². The van der Waals surface area contributed by atoms with E-state index in [4.69, 9.17) is 11.5 Å². The van der Waals surface area contributed by atoms with Crippen LogP contribution in [0.1, 0.15) is 2.85 Å². The van der Waals surface area contributed by atoms with Gasteiger partial charge in [0.15, 0.2) is 0 Å². The van der Waals surface area contributed by atoms with E-state index in [1.165, 1.54) is 0 Å². The van der Waals surface area contributed by atoms with Gasteiger partial charge in [0.25, 0.3) is 0 Å². The summed E-state index contributed by atoms with van der Waals surface area (Å²) >= 11 is 0. The van der Waals surface area contributed by atoms with Crippen molar-refractivity contribution in [3.8, 4) is 0 Å². The molecule has 0 saturated carbocycles. The minimum atomic E-state index is 0. The Hall–Kier alpha value is 0.210. The van der Waals surface area contributed by atoms with E-state index < -0.39 is 0 Å². The zero-order valence-electron chi connectivity index (χ0n) is 4.98. The van der Waals surface area contributed by atoms with Gasteiger partial charge in [0, 0.05) is 13.1 Å². The Kier molecular flexibility index (Phi) is 15.9. The first-order chi connectivity index (χ1) is 1.91. The van der Waals surface area contributed by atoms with E-state index in [1.807, 2.05) is 0 Å². The second-order valence-electron chi connectivity index (χ2n) is 0.577. The molecule has 0 fully saturated rings. The molecular formula is C2H11ClN2+2. The zero-order valence-corrected chi connectivity index (χ0v) is 3.79. The van der Waals surface area contributed by atoms with E-state index in [0.717, 1.165) is 0 Å². The highest BCUT2D eigenvalue weighted by Gasteiger charge is 1.54. The lowest BCUT2D eigenvalue weighted by atomic mass is 10.7. The van der Waals surface area contributed by atoms with Crippen LogP contribution in [0.2, 0.25) is 0 Å². The number of hydrogen-bond donors (Lipinski definition) is 2.